The molecular formula is C18H14N2O6. The molecule has 0 fully saturated rings. The van der Waals surface area contributed by atoms with Crippen molar-refractivity contribution < 1.29 is 24.3 Å². The Morgan fingerprint density at radius 2 is 1.88 bits per heavy atom. The van der Waals surface area contributed by atoms with E-state index in [1.165, 1.54) is 32.4 Å². The molecule has 0 aliphatic carbocycles. The summed E-state index contributed by atoms with van der Waals surface area (Å²) in [4.78, 5) is 22.9. The number of allylic oxidation sites excluding steroid dienone is 1. The lowest BCUT2D eigenvalue weighted by Gasteiger charge is -2.07. The number of phenols is 1. The van der Waals surface area contributed by atoms with Crippen LogP contribution in [0.15, 0.2) is 42.0 Å². The van der Waals surface area contributed by atoms with Gasteiger partial charge in [-0.25, -0.2) is 0 Å². The Kier molecular flexibility index (Phi) is 5.55. The SMILES string of the molecule is COc1ccccc1C(=O)/C(C#N)=C/c1cc(OC)c(O)c([N+](=O)[O-])c1. The highest BCUT2D eigenvalue weighted by Crippen LogP contribution is 2.37. The van der Waals surface area contributed by atoms with Crippen molar-refractivity contribution in [2.75, 3.05) is 14.2 Å². The fourth-order valence-electron chi connectivity index (χ4n) is 2.28. The zero-order valence-corrected chi connectivity index (χ0v) is 13.9. The van der Waals surface area contributed by atoms with Gasteiger partial charge in [-0.05, 0) is 29.8 Å². The average molecular weight is 354 g/mol. The standard InChI is InChI=1S/C18H14N2O6/c1-25-15-6-4-3-5-13(15)17(21)12(10-19)7-11-8-14(20(23)24)18(22)16(9-11)26-2/h3-9,22H,1-2H3/b12-7+. The molecule has 0 heterocycles. The molecule has 0 aliphatic heterocycles. The Bertz CT molecular complexity index is 943. The van der Waals surface area contributed by atoms with E-state index in [1.807, 2.05) is 0 Å². The highest BCUT2D eigenvalue weighted by Gasteiger charge is 2.21. The number of phenolic OH excluding ortho intramolecular Hbond substituents is 1. The summed E-state index contributed by atoms with van der Waals surface area (Å²) >= 11 is 0. The van der Waals surface area contributed by atoms with E-state index in [4.69, 9.17) is 9.47 Å². The Morgan fingerprint density at radius 1 is 1.23 bits per heavy atom. The largest absolute Gasteiger partial charge is 0.500 e. The predicted molar refractivity (Wildman–Crippen MR) is 92.2 cm³/mol. The van der Waals surface area contributed by atoms with Crippen molar-refractivity contribution in [2.24, 2.45) is 0 Å². The van der Waals surface area contributed by atoms with Crippen LogP contribution in [0.3, 0.4) is 0 Å². The molecule has 8 heteroatoms. The second-order valence-corrected chi connectivity index (χ2v) is 5.05. The fourth-order valence-corrected chi connectivity index (χ4v) is 2.28. The predicted octanol–water partition coefficient (Wildman–Crippen LogP) is 3.11. The number of Topliss-reactive ketones (excluding diaryl/α,β-unsaturated/α-hetero) is 1. The minimum absolute atomic E-state index is 0.146. The second-order valence-electron chi connectivity index (χ2n) is 5.05. The van der Waals surface area contributed by atoms with Gasteiger partial charge in [0.2, 0.25) is 11.5 Å². The zero-order chi connectivity index (χ0) is 19.3. The number of nitro groups is 1. The van der Waals surface area contributed by atoms with Crippen LogP contribution < -0.4 is 9.47 Å². The van der Waals surface area contributed by atoms with Gasteiger partial charge < -0.3 is 14.6 Å². The van der Waals surface area contributed by atoms with Gasteiger partial charge in [0, 0.05) is 6.07 Å². The van der Waals surface area contributed by atoms with Gasteiger partial charge in [0.05, 0.1) is 24.7 Å². The number of hydrogen-bond donors (Lipinski definition) is 1. The number of nitro benzene ring substituents is 1. The van der Waals surface area contributed by atoms with Crippen molar-refractivity contribution in [3.8, 4) is 23.3 Å². The fraction of sp³-hybridized carbons (Fsp3) is 0.111. The molecule has 2 aromatic carbocycles. The number of aromatic hydroxyl groups is 1. The van der Waals surface area contributed by atoms with Gasteiger partial charge in [-0.15, -0.1) is 0 Å². The number of rotatable bonds is 6. The molecule has 0 unspecified atom stereocenters. The lowest BCUT2D eigenvalue weighted by atomic mass is 10.0. The van der Waals surface area contributed by atoms with E-state index < -0.39 is 22.1 Å². The third-order valence-electron chi connectivity index (χ3n) is 3.52. The summed E-state index contributed by atoms with van der Waals surface area (Å²) in [6, 6.07) is 10.5. The highest BCUT2D eigenvalue weighted by molar-refractivity contribution is 6.15. The first kappa shape index (κ1) is 18.5. The van der Waals surface area contributed by atoms with Crippen molar-refractivity contribution in [1.82, 2.24) is 0 Å². The van der Waals surface area contributed by atoms with E-state index in [1.54, 1.807) is 24.3 Å². The number of ether oxygens (including phenoxy) is 2. The minimum atomic E-state index is -0.788. The molecule has 132 valence electrons. The summed E-state index contributed by atoms with van der Waals surface area (Å²) in [5, 5.41) is 30.2. The summed E-state index contributed by atoms with van der Waals surface area (Å²) < 4.78 is 10.0. The van der Waals surface area contributed by atoms with E-state index in [2.05, 4.69) is 0 Å². The van der Waals surface area contributed by atoms with Crippen LogP contribution in [0.2, 0.25) is 0 Å². The van der Waals surface area contributed by atoms with Gasteiger partial charge in [0.25, 0.3) is 0 Å². The van der Waals surface area contributed by atoms with Crippen LogP contribution in [0.5, 0.6) is 17.2 Å². The van der Waals surface area contributed by atoms with Gasteiger partial charge in [-0.2, -0.15) is 5.26 Å². The Labute approximate surface area is 148 Å². The van der Waals surface area contributed by atoms with Crippen LogP contribution >= 0.6 is 0 Å². The van der Waals surface area contributed by atoms with Crippen LogP contribution in [0.1, 0.15) is 15.9 Å². The molecule has 0 aliphatic rings. The average Bonchev–Trinajstić information content (AvgIpc) is 2.66. The minimum Gasteiger partial charge on any atom is -0.500 e. The Morgan fingerprint density at radius 3 is 2.46 bits per heavy atom. The van der Waals surface area contributed by atoms with Gasteiger partial charge in [0.1, 0.15) is 17.4 Å². The maximum atomic E-state index is 12.6. The maximum Gasteiger partial charge on any atom is 0.315 e. The summed E-state index contributed by atoms with van der Waals surface area (Å²) in [7, 11) is 2.63. The van der Waals surface area contributed by atoms with Crippen molar-refractivity contribution in [2.45, 2.75) is 0 Å². The summed E-state index contributed by atoms with van der Waals surface area (Å²) in [5.74, 6) is -1.08. The molecule has 2 rings (SSSR count). The quantitative estimate of drug-likeness (QED) is 0.278. The summed E-state index contributed by atoms with van der Waals surface area (Å²) in [5.41, 5.74) is -0.511. The molecule has 0 saturated heterocycles. The van der Waals surface area contributed by atoms with Crippen LogP contribution in [0.25, 0.3) is 6.08 Å². The molecule has 8 nitrogen and oxygen atoms in total. The van der Waals surface area contributed by atoms with Crippen LogP contribution in [-0.4, -0.2) is 30.0 Å². The molecular weight excluding hydrogens is 340 g/mol. The third kappa shape index (κ3) is 3.62. The molecule has 0 atom stereocenters. The molecule has 0 radical (unpaired) electrons. The molecule has 0 spiro atoms. The molecule has 0 aromatic heterocycles. The van der Waals surface area contributed by atoms with E-state index in [0.29, 0.717) is 5.75 Å². The second kappa shape index (κ2) is 7.81. The number of methoxy groups -OCH3 is 2. The van der Waals surface area contributed by atoms with Gasteiger partial charge in [0.15, 0.2) is 5.75 Å². The molecule has 0 bridgehead atoms. The first-order chi connectivity index (χ1) is 12.4. The Hall–Kier alpha value is -3.86. The van der Waals surface area contributed by atoms with Crippen molar-refractivity contribution in [3.63, 3.8) is 0 Å². The normalized spacial score (nSPS) is 10.7. The van der Waals surface area contributed by atoms with E-state index in [-0.39, 0.29) is 22.4 Å². The summed E-state index contributed by atoms with van der Waals surface area (Å²) in [6.45, 7) is 0. The van der Waals surface area contributed by atoms with Gasteiger partial charge >= 0.3 is 5.69 Å². The number of benzene rings is 2. The third-order valence-corrected chi connectivity index (χ3v) is 3.52. The van der Waals surface area contributed by atoms with Crippen molar-refractivity contribution in [3.05, 3.63) is 63.2 Å². The smallest absolute Gasteiger partial charge is 0.315 e. The number of carbonyl (C=O) groups excluding carboxylic acids is 1. The number of ketones is 1. The number of para-hydroxylation sites is 1. The molecule has 26 heavy (non-hydrogen) atoms. The monoisotopic (exact) mass is 354 g/mol. The Balaban J connectivity index is 2.56. The lowest BCUT2D eigenvalue weighted by molar-refractivity contribution is -0.386. The lowest BCUT2D eigenvalue weighted by Crippen LogP contribution is -2.04. The number of carbonyl (C=O) groups is 1. The van der Waals surface area contributed by atoms with Gasteiger partial charge in [-0.3, -0.25) is 14.9 Å². The zero-order valence-electron chi connectivity index (χ0n) is 13.9. The molecule has 1 N–H and O–H groups in total. The van der Waals surface area contributed by atoms with E-state index >= 15 is 0 Å². The van der Waals surface area contributed by atoms with E-state index in [9.17, 15) is 25.3 Å². The van der Waals surface area contributed by atoms with Crippen molar-refractivity contribution >= 4 is 17.5 Å². The first-order valence-electron chi connectivity index (χ1n) is 7.27. The van der Waals surface area contributed by atoms with Crippen molar-refractivity contribution in [1.29, 1.82) is 5.26 Å². The number of nitrogens with zero attached hydrogens (tertiary/aromatic N) is 2. The molecule has 0 amide bonds. The first-order valence-corrected chi connectivity index (χ1v) is 7.27. The molecule has 2 aromatic rings. The number of hydrogen-bond acceptors (Lipinski definition) is 7. The van der Waals surface area contributed by atoms with E-state index in [0.717, 1.165) is 6.07 Å². The molecule has 0 saturated carbocycles. The van der Waals surface area contributed by atoms with Crippen LogP contribution in [0, 0.1) is 21.4 Å². The topological polar surface area (TPSA) is 123 Å². The summed E-state index contributed by atoms with van der Waals surface area (Å²) in [6.07, 6.45) is 1.18. The van der Waals surface area contributed by atoms with Crippen LogP contribution in [0.4, 0.5) is 5.69 Å². The number of nitriles is 1. The highest BCUT2D eigenvalue weighted by atomic mass is 16.6. The van der Waals surface area contributed by atoms with Crippen LogP contribution in [-0.2, 0) is 0 Å². The van der Waals surface area contributed by atoms with Gasteiger partial charge in [-0.1, -0.05) is 12.1 Å². The maximum absolute atomic E-state index is 12.6.